The highest BCUT2D eigenvalue weighted by molar-refractivity contribution is 5.85. The zero-order valence-corrected chi connectivity index (χ0v) is 8.38. The second-order valence-electron chi connectivity index (χ2n) is 4.11. The Balaban J connectivity index is 0.000000845. The van der Waals surface area contributed by atoms with Crippen LogP contribution in [0.15, 0.2) is 0 Å². The van der Waals surface area contributed by atoms with Crippen LogP contribution in [0.2, 0.25) is 0 Å². The van der Waals surface area contributed by atoms with Crippen LogP contribution in [0.5, 0.6) is 0 Å². The molecular formula is C9H16ClF2N. The Hall–Kier alpha value is 0.110. The van der Waals surface area contributed by atoms with Crippen molar-refractivity contribution in [1.82, 2.24) is 5.32 Å². The van der Waals surface area contributed by atoms with Crippen LogP contribution in [0.1, 0.15) is 25.7 Å². The smallest absolute Gasteiger partial charge is 0.248 e. The number of hydrogen-bond acceptors (Lipinski definition) is 1. The molecule has 1 N–H and O–H groups in total. The van der Waals surface area contributed by atoms with Crippen LogP contribution < -0.4 is 5.32 Å². The van der Waals surface area contributed by atoms with E-state index in [9.17, 15) is 8.78 Å². The fourth-order valence-electron chi connectivity index (χ4n) is 2.48. The molecule has 2 unspecified atom stereocenters. The molecule has 0 spiro atoms. The molecule has 1 aliphatic heterocycles. The zero-order valence-electron chi connectivity index (χ0n) is 7.56. The Morgan fingerprint density at radius 1 is 1.15 bits per heavy atom. The number of fused-ring (bicyclic) bond motifs is 1. The lowest BCUT2D eigenvalue weighted by atomic mass is 9.74. The predicted molar refractivity (Wildman–Crippen MR) is 50.5 cm³/mol. The van der Waals surface area contributed by atoms with Gasteiger partial charge in [0.2, 0.25) is 5.92 Å². The van der Waals surface area contributed by atoms with E-state index in [1.54, 1.807) is 0 Å². The average molecular weight is 212 g/mol. The summed E-state index contributed by atoms with van der Waals surface area (Å²) in [6, 6.07) is 0. The van der Waals surface area contributed by atoms with Crippen molar-refractivity contribution in [2.24, 2.45) is 11.8 Å². The maximum Gasteiger partial charge on any atom is 0.248 e. The topological polar surface area (TPSA) is 12.0 Å². The molecule has 13 heavy (non-hydrogen) atoms. The van der Waals surface area contributed by atoms with E-state index >= 15 is 0 Å². The van der Waals surface area contributed by atoms with Crippen molar-refractivity contribution in [2.45, 2.75) is 31.6 Å². The third kappa shape index (κ3) is 2.53. The van der Waals surface area contributed by atoms with Gasteiger partial charge in [0.15, 0.2) is 0 Å². The summed E-state index contributed by atoms with van der Waals surface area (Å²) in [6.07, 6.45) is 2.07. The van der Waals surface area contributed by atoms with Crippen LogP contribution in [0.3, 0.4) is 0 Å². The summed E-state index contributed by atoms with van der Waals surface area (Å²) in [5.74, 6) is -1.56. The molecule has 0 amide bonds. The third-order valence-corrected chi connectivity index (χ3v) is 3.21. The first kappa shape index (κ1) is 11.2. The number of hydrogen-bond donors (Lipinski definition) is 1. The Morgan fingerprint density at radius 2 is 1.92 bits per heavy atom. The molecule has 1 aliphatic carbocycles. The van der Waals surface area contributed by atoms with Gasteiger partial charge in [-0.1, -0.05) is 0 Å². The van der Waals surface area contributed by atoms with E-state index in [0.717, 1.165) is 25.9 Å². The van der Waals surface area contributed by atoms with E-state index in [4.69, 9.17) is 0 Å². The molecule has 2 aliphatic rings. The molecule has 0 bridgehead atoms. The SMILES string of the molecule is Cl.FC1(F)CCC2CCNCC2C1. The van der Waals surface area contributed by atoms with E-state index < -0.39 is 5.92 Å². The number of nitrogens with one attached hydrogen (secondary N) is 1. The second-order valence-corrected chi connectivity index (χ2v) is 4.11. The summed E-state index contributed by atoms with van der Waals surface area (Å²) in [7, 11) is 0. The maximum atomic E-state index is 12.9. The molecule has 1 heterocycles. The summed E-state index contributed by atoms with van der Waals surface area (Å²) in [4.78, 5) is 0. The summed E-state index contributed by atoms with van der Waals surface area (Å²) in [5, 5.41) is 3.19. The normalized spacial score (nSPS) is 37.4. The number of piperidine rings is 1. The largest absolute Gasteiger partial charge is 0.316 e. The van der Waals surface area contributed by atoms with Crippen molar-refractivity contribution < 1.29 is 8.78 Å². The van der Waals surface area contributed by atoms with Crippen molar-refractivity contribution in [3.63, 3.8) is 0 Å². The van der Waals surface area contributed by atoms with Gasteiger partial charge >= 0.3 is 0 Å². The molecule has 1 saturated heterocycles. The fourth-order valence-corrected chi connectivity index (χ4v) is 2.48. The maximum absolute atomic E-state index is 12.9. The van der Waals surface area contributed by atoms with Gasteiger partial charge in [-0.3, -0.25) is 0 Å². The molecular weight excluding hydrogens is 196 g/mol. The predicted octanol–water partition coefficient (Wildman–Crippen LogP) is 2.45. The quantitative estimate of drug-likeness (QED) is 0.649. The van der Waals surface area contributed by atoms with Gasteiger partial charge in [0, 0.05) is 12.8 Å². The monoisotopic (exact) mass is 211 g/mol. The van der Waals surface area contributed by atoms with Crippen LogP contribution in [0.4, 0.5) is 8.78 Å². The van der Waals surface area contributed by atoms with E-state index in [0.29, 0.717) is 5.92 Å². The van der Waals surface area contributed by atoms with Gasteiger partial charge in [-0.25, -0.2) is 8.78 Å². The number of halogens is 3. The third-order valence-electron chi connectivity index (χ3n) is 3.21. The summed E-state index contributed by atoms with van der Waals surface area (Å²) in [5.41, 5.74) is 0. The van der Waals surface area contributed by atoms with E-state index in [2.05, 4.69) is 5.32 Å². The first-order chi connectivity index (χ1) is 5.67. The molecule has 2 rings (SSSR count). The Kier molecular flexibility index (Phi) is 3.52. The van der Waals surface area contributed by atoms with Gasteiger partial charge in [-0.05, 0) is 37.8 Å². The van der Waals surface area contributed by atoms with Crippen LogP contribution in [0, 0.1) is 11.8 Å². The van der Waals surface area contributed by atoms with Crippen LogP contribution in [-0.2, 0) is 0 Å². The lowest BCUT2D eigenvalue weighted by Gasteiger charge is -2.39. The highest BCUT2D eigenvalue weighted by Crippen LogP contribution is 2.42. The van der Waals surface area contributed by atoms with Crippen molar-refractivity contribution in [3.8, 4) is 0 Å². The first-order valence-corrected chi connectivity index (χ1v) is 4.76. The van der Waals surface area contributed by atoms with Gasteiger partial charge < -0.3 is 5.32 Å². The average Bonchev–Trinajstić information content (AvgIpc) is 2.02. The Labute approximate surface area is 83.7 Å². The summed E-state index contributed by atoms with van der Waals surface area (Å²) in [6.45, 7) is 1.83. The molecule has 1 saturated carbocycles. The number of alkyl halides is 2. The second kappa shape index (κ2) is 4.09. The molecule has 2 atom stereocenters. The highest BCUT2D eigenvalue weighted by Gasteiger charge is 2.41. The van der Waals surface area contributed by atoms with Crippen molar-refractivity contribution in [3.05, 3.63) is 0 Å². The van der Waals surface area contributed by atoms with Gasteiger partial charge in [-0.15, -0.1) is 12.4 Å². The number of rotatable bonds is 0. The van der Waals surface area contributed by atoms with Crippen molar-refractivity contribution >= 4 is 12.4 Å². The minimum absolute atomic E-state index is 0. The van der Waals surface area contributed by atoms with Crippen molar-refractivity contribution in [1.29, 1.82) is 0 Å². The van der Waals surface area contributed by atoms with E-state index in [-0.39, 0.29) is 31.2 Å². The van der Waals surface area contributed by atoms with E-state index in [1.807, 2.05) is 0 Å². The minimum atomic E-state index is -2.37. The molecule has 2 fully saturated rings. The molecule has 0 radical (unpaired) electrons. The molecule has 1 nitrogen and oxygen atoms in total. The fraction of sp³-hybridized carbons (Fsp3) is 1.00. The lowest BCUT2D eigenvalue weighted by molar-refractivity contribution is -0.0740. The van der Waals surface area contributed by atoms with Gasteiger partial charge in [0.1, 0.15) is 0 Å². The molecule has 4 heteroatoms. The van der Waals surface area contributed by atoms with Crippen LogP contribution >= 0.6 is 12.4 Å². The first-order valence-electron chi connectivity index (χ1n) is 4.76. The highest BCUT2D eigenvalue weighted by atomic mass is 35.5. The van der Waals surface area contributed by atoms with Gasteiger partial charge in [0.05, 0.1) is 0 Å². The standard InChI is InChI=1S/C9H15F2N.ClH/c10-9(11)3-1-7-2-4-12-6-8(7)5-9;/h7-8,12H,1-6H2;1H. The summed E-state index contributed by atoms with van der Waals surface area (Å²) < 4.78 is 25.9. The Morgan fingerprint density at radius 3 is 2.69 bits per heavy atom. The minimum Gasteiger partial charge on any atom is -0.316 e. The lowest BCUT2D eigenvalue weighted by Crippen LogP contribution is -2.43. The van der Waals surface area contributed by atoms with Crippen LogP contribution in [0.25, 0.3) is 0 Å². The molecule has 0 aromatic carbocycles. The molecule has 0 aromatic rings. The molecule has 78 valence electrons. The summed E-state index contributed by atoms with van der Waals surface area (Å²) >= 11 is 0. The van der Waals surface area contributed by atoms with Gasteiger partial charge in [-0.2, -0.15) is 0 Å². The Bertz CT molecular complexity index is 175. The molecule has 0 aromatic heterocycles. The zero-order chi connectivity index (χ0) is 8.60. The van der Waals surface area contributed by atoms with Crippen LogP contribution in [-0.4, -0.2) is 19.0 Å². The van der Waals surface area contributed by atoms with E-state index in [1.165, 1.54) is 0 Å². The van der Waals surface area contributed by atoms with Gasteiger partial charge in [0.25, 0.3) is 0 Å². The van der Waals surface area contributed by atoms with Crippen molar-refractivity contribution in [2.75, 3.05) is 13.1 Å².